The number of hydrogen-bond acceptors (Lipinski definition) is 6. The maximum absolute atomic E-state index is 11.8. The van der Waals surface area contributed by atoms with Crippen LogP contribution in [-0.2, 0) is 23.1 Å². The van der Waals surface area contributed by atoms with Gasteiger partial charge in [-0.1, -0.05) is 106 Å². The highest BCUT2D eigenvalue weighted by molar-refractivity contribution is 9.09. The number of ether oxygens (including phenoxy) is 2. The molecular weight excluding hydrogens is 487 g/mol. The molecule has 0 amide bonds. The molecule has 9 heteroatoms. The van der Waals surface area contributed by atoms with Gasteiger partial charge in [0, 0.05) is 5.33 Å². The van der Waals surface area contributed by atoms with Crippen molar-refractivity contribution in [2.45, 2.75) is 109 Å². The van der Waals surface area contributed by atoms with Crippen LogP contribution in [0.15, 0.2) is 0 Å². The lowest BCUT2D eigenvalue weighted by molar-refractivity contribution is 0.00606. The molecule has 0 aromatic heterocycles. The number of phosphoric ester groups is 1. The highest BCUT2D eigenvalue weighted by Crippen LogP contribution is 2.43. The topological polar surface area (TPSA) is 91.3 Å². The van der Waals surface area contributed by atoms with E-state index in [4.69, 9.17) is 13.8 Å². The van der Waals surface area contributed by atoms with Crippen LogP contribution >= 0.6 is 23.8 Å². The first-order chi connectivity index (χ1) is 14.9. The van der Waals surface area contributed by atoms with Gasteiger partial charge in [-0.15, -0.1) is 0 Å². The Bertz CT molecular complexity index is 465. The van der Waals surface area contributed by atoms with Crippen LogP contribution in [0, 0.1) is 0 Å². The molecule has 0 aromatic rings. The SMILES string of the molecule is CCCCCCCCCCCCCCCCC(COP(=O)(O)OCCBr)OC(=O)OC. The zero-order valence-electron chi connectivity index (χ0n) is 19.5. The Morgan fingerprint density at radius 2 is 1.35 bits per heavy atom. The lowest BCUT2D eigenvalue weighted by atomic mass is 10.0. The zero-order chi connectivity index (χ0) is 23.2. The first-order valence-electron chi connectivity index (χ1n) is 11.9. The molecule has 0 spiro atoms. The van der Waals surface area contributed by atoms with E-state index >= 15 is 0 Å². The summed E-state index contributed by atoms with van der Waals surface area (Å²) in [6.45, 7) is 2.10. The molecule has 0 aromatic carbocycles. The third kappa shape index (κ3) is 21.5. The fourth-order valence-corrected chi connectivity index (χ4v) is 4.45. The quantitative estimate of drug-likeness (QED) is 0.0668. The van der Waals surface area contributed by atoms with Gasteiger partial charge in [0.05, 0.1) is 20.3 Å². The predicted octanol–water partition coefficient (Wildman–Crippen LogP) is 7.54. The number of halogens is 1. The molecule has 0 rings (SSSR count). The minimum absolute atomic E-state index is 0.0509. The fourth-order valence-electron chi connectivity index (χ4n) is 3.29. The van der Waals surface area contributed by atoms with Crippen LogP contribution in [0.25, 0.3) is 0 Å². The molecule has 31 heavy (non-hydrogen) atoms. The lowest BCUT2D eigenvalue weighted by Crippen LogP contribution is -2.23. The van der Waals surface area contributed by atoms with E-state index in [9.17, 15) is 14.3 Å². The van der Waals surface area contributed by atoms with Gasteiger partial charge in [0.2, 0.25) is 0 Å². The third-order valence-electron chi connectivity index (χ3n) is 5.06. The van der Waals surface area contributed by atoms with Crippen molar-refractivity contribution >= 4 is 29.9 Å². The van der Waals surface area contributed by atoms with Crippen LogP contribution in [-0.4, -0.2) is 42.8 Å². The van der Waals surface area contributed by atoms with E-state index in [1.54, 1.807) is 0 Å². The van der Waals surface area contributed by atoms with Crippen molar-refractivity contribution in [1.29, 1.82) is 0 Å². The van der Waals surface area contributed by atoms with Crippen molar-refractivity contribution in [1.82, 2.24) is 0 Å². The Labute approximate surface area is 197 Å². The van der Waals surface area contributed by atoms with Gasteiger partial charge in [-0.3, -0.25) is 9.05 Å². The van der Waals surface area contributed by atoms with Crippen LogP contribution in [0.2, 0.25) is 0 Å². The number of carbonyl (C=O) groups is 1. The van der Waals surface area contributed by atoms with Gasteiger partial charge >= 0.3 is 14.0 Å². The molecule has 2 atom stereocenters. The Morgan fingerprint density at radius 3 is 1.81 bits per heavy atom. The summed E-state index contributed by atoms with van der Waals surface area (Å²) in [5.74, 6) is 0. The largest absolute Gasteiger partial charge is 0.508 e. The summed E-state index contributed by atoms with van der Waals surface area (Å²) in [6.07, 6.45) is 16.8. The molecule has 186 valence electrons. The van der Waals surface area contributed by atoms with E-state index < -0.39 is 20.1 Å². The number of carbonyl (C=O) groups excluding carboxylic acids is 1. The number of phosphoric acid groups is 1. The fraction of sp³-hybridized carbons (Fsp3) is 0.955. The van der Waals surface area contributed by atoms with Gasteiger partial charge in [-0.2, -0.15) is 0 Å². The minimum Gasteiger partial charge on any atom is -0.438 e. The molecule has 1 N–H and O–H groups in total. The van der Waals surface area contributed by atoms with Gasteiger partial charge in [0.1, 0.15) is 6.10 Å². The van der Waals surface area contributed by atoms with E-state index in [1.165, 1.54) is 77.7 Å². The second-order valence-corrected chi connectivity index (χ2v) is 10.1. The van der Waals surface area contributed by atoms with E-state index in [1.807, 2.05) is 0 Å². The highest BCUT2D eigenvalue weighted by atomic mass is 79.9. The molecular formula is C22H44BrO7P. The summed E-state index contributed by atoms with van der Waals surface area (Å²) in [7, 11) is -2.93. The van der Waals surface area contributed by atoms with Crippen molar-refractivity contribution in [2.75, 3.05) is 25.7 Å². The van der Waals surface area contributed by atoms with Gasteiger partial charge in [-0.25, -0.2) is 9.36 Å². The Hall–Kier alpha value is -0.140. The van der Waals surface area contributed by atoms with Crippen LogP contribution in [0.3, 0.4) is 0 Å². The maximum Gasteiger partial charge on any atom is 0.508 e. The van der Waals surface area contributed by atoms with Gasteiger partial charge in [-0.05, 0) is 12.8 Å². The number of methoxy groups -OCH3 is 1. The number of hydrogen-bond donors (Lipinski definition) is 1. The molecule has 0 saturated carbocycles. The minimum atomic E-state index is -4.15. The number of unbranched alkanes of at least 4 members (excludes halogenated alkanes) is 13. The maximum atomic E-state index is 11.8. The summed E-state index contributed by atoms with van der Waals surface area (Å²) in [6, 6.07) is 0. The molecule has 0 aliphatic rings. The molecule has 0 aliphatic carbocycles. The zero-order valence-corrected chi connectivity index (χ0v) is 22.0. The molecule has 0 radical (unpaired) electrons. The summed E-state index contributed by atoms with van der Waals surface area (Å²) >= 11 is 3.11. The summed E-state index contributed by atoms with van der Waals surface area (Å²) in [5.41, 5.74) is 0. The van der Waals surface area contributed by atoms with Crippen molar-refractivity contribution in [3.05, 3.63) is 0 Å². The van der Waals surface area contributed by atoms with E-state index in [0.717, 1.165) is 19.3 Å². The van der Waals surface area contributed by atoms with Crippen molar-refractivity contribution < 1.29 is 32.8 Å². The van der Waals surface area contributed by atoms with Crippen LogP contribution in [0.1, 0.15) is 103 Å². The molecule has 0 fully saturated rings. The average molecular weight is 531 g/mol. The van der Waals surface area contributed by atoms with Crippen LogP contribution in [0.4, 0.5) is 4.79 Å². The number of alkyl halides is 1. The summed E-state index contributed by atoms with van der Waals surface area (Å²) in [4.78, 5) is 21.0. The molecule has 2 unspecified atom stereocenters. The van der Waals surface area contributed by atoms with Crippen molar-refractivity contribution in [2.24, 2.45) is 0 Å². The Kier molecular flexibility index (Phi) is 21.6. The van der Waals surface area contributed by atoms with E-state index in [-0.39, 0.29) is 13.2 Å². The number of rotatable bonds is 22. The predicted molar refractivity (Wildman–Crippen MR) is 128 cm³/mol. The second kappa shape index (κ2) is 21.7. The second-order valence-electron chi connectivity index (χ2n) is 7.87. The van der Waals surface area contributed by atoms with Gasteiger partial charge in [0.15, 0.2) is 0 Å². The summed E-state index contributed by atoms with van der Waals surface area (Å²) < 4.78 is 31.1. The van der Waals surface area contributed by atoms with Gasteiger partial charge < -0.3 is 14.4 Å². The lowest BCUT2D eigenvalue weighted by Gasteiger charge is -2.19. The molecule has 0 saturated heterocycles. The third-order valence-corrected chi connectivity index (χ3v) is 6.37. The first-order valence-corrected chi connectivity index (χ1v) is 14.5. The van der Waals surface area contributed by atoms with Crippen LogP contribution in [0.5, 0.6) is 0 Å². The van der Waals surface area contributed by atoms with E-state index in [0.29, 0.717) is 11.8 Å². The molecule has 0 aliphatic heterocycles. The highest BCUT2D eigenvalue weighted by Gasteiger charge is 2.24. The monoisotopic (exact) mass is 530 g/mol. The Balaban J connectivity index is 3.80. The summed E-state index contributed by atoms with van der Waals surface area (Å²) in [5, 5.41) is 0.419. The smallest absolute Gasteiger partial charge is 0.438 e. The molecule has 0 heterocycles. The van der Waals surface area contributed by atoms with Crippen molar-refractivity contribution in [3.63, 3.8) is 0 Å². The average Bonchev–Trinajstić information content (AvgIpc) is 2.76. The standard InChI is InChI=1S/C22H44BrO7P/c1-3-4-5-6-7-8-9-10-11-12-13-14-15-16-17-21(30-22(24)27-2)20-29-31(25,26)28-19-18-23/h21H,3-20H2,1-2H3,(H,25,26). The van der Waals surface area contributed by atoms with E-state index in [2.05, 4.69) is 27.6 Å². The first kappa shape index (κ1) is 30.9. The molecule has 7 nitrogen and oxygen atoms in total. The normalized spacial score (nSPS) is 14.2. The van der Waals surface area contributed by atoms with Crippen molar-refractivity contribution in [3.8, 4) is 0 Å². The van der Waals surface area contributed by atoms with Gasteiger partial charge in [0.25, 0.3) is 0 Å². The van der Waals surface area contributed by atoms with Crippen LogP contribution < -0.4 is 0 Å². The molecule has 0 bridgehead atoms. The Morgan fingerprint density at radius 1 is 0.871 bits per heavy atom.